The molecule has 1 amide bonds. The third-order valence-corrected chi connectivity index (χ3v) is 4.79. The van der Waals surface area contributed by atoms with Crippen LogP contribution in [0.5, 0.6) is 0 Å². The minimum Gasteiger partial charge on any atom is -0.385 e. The lowest BCUT2D eigenvalue weighted by atomic mass is 10.1. The van der Waals surface area contributed by atoms with E-state index < -0.39 is 0 Å². The highest BCUT2D eigenvalue weighted by Crippen LogP contribution is 2.32. The predicted molar refractivity (Wildman–Crippen MR) is 110 cm³/mol. The van der Waals surface area contributed by atoms with Crippen molar-refractivity contribution in [1.29, 1.82) is 0 Å². The molecule has 0 aliphatic rings. The highest BCUT2D eigenvalue weighted by atomic mass is 35.5. The summed E-state index contributed by atoms with van der Waals surface area (Å²) in [5.74, 6) is -0.0911. The number of hydrogen-bond acceptors (Lipinski definition) is 2. The van der Waals surface area contributed by atoms with E-state index >= 15 is 0 Å². The number of benzene rings is 2. The molecule has 3 rings (SSSR count). The number of halogens is 1. The molecule has 0 bridgehead atoms. The van der Waals surface area contributed by atoms with Crippen LogP contribution in [0.4, 0.5) is 0 Å². The van der Waals surface area contributed by atoms with Crippen molar-refractivity contribution < 1.29 is 9.53 Å². The van der Waals surface area contributed by atoms with Crippen LogP contribution in [0, 0.1) is 6.92 Å². The van der Waals surface area contributed by atoms with Crippen LogP contribution in [-0.2, 0) is 4.74 Å². The summed E-state index contributed by atoms with van der Waals surface area (Å²) < 4.78 is 7.08. The Hall–Kier alpha value is -2.56. The van der Waals surface area contributed by atoms with Gasteiger partial charge in [0.05, 0.1) is 22.0 Å². The van der Waals surface area contributed by atoms with Crippen molar-refractivity contribution in [3.63, 3.8) is 0 Å². The molecule has 3 aromatic rings. The van der Waals surface area contributed by atoms with Gasteiger partial charge in [-0.1, -0.05) is 54.1 Å². The average molecular weight is 383 g/mol. The molecule has 0 spiro atoms. The van der Waals surface area contributed by atoms with Crippen LogP contribution in [-0.4, -0.2) is 30.7 Å². The summed E-state index contributed by atoms with van der Waals surface area (Å²) in [6, 6.07) is 19.6. The maximum absolute atomic E-state index is 12.7. The topological polar surface area (TPSA) is 43.3 Å². The molecule has 140 valence electrons. The molecule has 27 heavy (non-hydrogen) atoms. The van der Waals surface area contributed by atoms with E-state index in [1.165, 1.54) is 0 Å². The van der Waals surface area contributed by atoms with Gasteiger partial charge in [-0.2, -0.15) is 0 Å². The van der Waals surface area contributed by atoms with Gasteiger partial charge in [-0.25, -0.2) is 0 Å². The van der Waals surface area contributed by atoms with Gasteiger partial charge in [-0.3, -0.25) is 4.79 Å². The Balaban J connectivity index is 2.05. The zero-order valence-electron chi connectivity index (χ0n) is 15.5. The molecule has 1 N–H and O–H groups in total. The number of methoxy groups -OCH3 is 1. The first-order valence-corrected chi connectivity index (χ1v) is 9.31. The summed E-state index contributed by atoms with van der Waals surface area (Å²) in [4.78, 5) is 12.7. The van der Waals surface area contributed by atoms with E-state index in [1.54, 1.807) is 7.11 Å². The van der Waals surface area contributed by atoms with Crippen molar-refractivity contribution in [2.75, 3.05) is 20.3 Å². The number of aromatic nitrogens is 1. The maximum Gasteiger partial charge on any atom is 0.253 e. The largest absolute Gasteiger partial charge is 0.385 e. The lowest BCUT2D eigenvalue weighted by molar-refractivity contribution is 0.0948. The highest BCUT2D eigenvalue weighted by molar-refractivity contribution is 6.32. The molecule has 0 atom stereocenters. The van der Waals surface area contributed by atoms with Crippen molar-refractivity contribution in [3.05, 3.63) is 76.9 Å². The average Bonchev–Trinajstić information content (AvgIpc) is 3.03. The van der Waals surface area contributed by atoms with Crippen molar-refractivity contribution in [3.8, 4) is 16.9 Å². The molecule has 0 aliphatic carbocycles. The zero-order valence-corrected chi connectivity index (χ0v) is 16.3. The molecular formula is C22H23ClN2O2. The fourth-order valence-electron chi connectivity index (χ4n) is 3.12. The molecule has 1 heterocycles. The normalized spacial score (nSPS) is 10.8. The molecule has 5 heteroatoms. The number of para-hydroxylation sites is 1. The van der Waals surface area contributed by atoms with E-state index in [9.17, 15) is 4.79 Å². The fourth-order valence-corrected chi connectivity index (χ4v) is 3.34. The van der Waals surface area contributed by atoms with Crippen LogP contribution in [0.15, 0.2) is 60.7 Å². The molecular weight excluding hydrogens is 360 g/mol. The Morgan fingerprint density at radius 3 is 2.52 bits per heavy atom. The molecule has 0 aliphatic heterocycles. The van der Waals surface area contributed by atoms with Crippen LogP contribution in [0.1, 0.15) is 22.5 Å². The second kappa shape index (κ2) is 8.89. The number of amides is 1. The molecule has 0 radical (unpaired) electrons. The van der Waals surface area contributed by atoms with E-state index in [4.69, 9.17) is 16.3 Å². The number of hydrogen-bond donors (Lipinski definition) is 1. The molecule has 0 saturated carbocycles. The third kappa shape index (κ3) is 4.24. The second-order valence-electron chi connectivity index (χ2n) is 6.28. The Kier molecular flexibility index (Phi) is 6.32. The maximum atomic E-state index is 12.7. The van der Waals surface area contributed by atoms with Gasteiger partial charge >= 0.3 is 0 Å². The lowest BCUT2D eigenvalue weighted by Gasteiger charge is -2.14. The van der Waals surface area contributed by atoms with E-state index in [0.29, 0.717) is 23.7 Å². The molecule has 1 aromatic heterocycles. The Morgan fingerprint density at radius 1 is 1.11 bits per heavy atom. The smallest absolute Gasteiger partial charge is 0.253 e. The van der Waals surface area contributed by atoms with Gasteiger partial charge in [-0.05, 0) is 37.1 Å². The SMILES string of the molecule is COCCCNC(=O)c1cc(-c2ccccc2)n(-c2ccccc2Cl)c1C. The van der Waals surface area contributed by atoms with Gasteiger partial charge in [0.25, 0.3) is 5.91 Å². The summed E-state index contributed by atoms with van der Waals surface area (Å²) in [6.45, 7) is 3.14. The van der Waals surface area contributed by atoms with Crippen molar-refractivity contribution >= 4 is 17.5 Å². The number of ether oxygens (including phenoxy) is 1. The van der Waals surface area contributed by atoms with Gasteiger partial charge in [0.1, 0.15) is 0 Å². The first kappa shape index (κ1) is 19.2. The zero-order chi connectivity index (χ0) is 19.2. The number of carbonyl (C=O) groups excluding carboxylic acids is 1. The second-order valence-corrected chi connectivity index (χ2v) is 6.69. The number of carbonyl (C=O) groups is 1. The van der Waals surface area contributed by atoms with Gasteiger partial charge in [0.2, 0.25) is 0 Å². The molecule has 4 nitrogen and oxygen atoms in total. The van der Waals surface area contributed by atoms with E-state index in [2.05, 4.69) is 5.32 Å². The van der Waals surface area contributed by atoms with Gasteiger partial charge in [0.15, 0.2) is 0 Å². The lowest BCUT2D eigenvalue weighted by Crippen LogP contribution is -2.25. The number of nitrogens with zero attached hydrogens (tertiary/aromatic N) is 1. The van der Waals surface area contributed by atoms with Crippen molar-refractivity contribution in [1.82, 2.24) is 9.88 Å². The minimum atomic E-state index is -0.0911. The Labute approximate surface area is 164 Å². The summed E-state index contributed by atoms with van der Waals surface area (Å²) in [7, 11) is 1.65. The number of nitrogens with one attached hydrogen (secondary N) is 1. The van der Waals surface area contributed by atoms with Gasteiger partial charge in [-0.15, -0.1) is 0 Å². The first-order chi connectivity index (χ1) is 13.1. The van der Waals surface area contributed by atoms with Crippen LogP contribution in [0.2, 0.25) is 5.02 Å². The van der Waals surface area contributed by atoms with Gasteiger partial charge in [0, 0.05) is 26.0 Å². The summed E-state index contributed by atoms with van der Waals surface area (Å²) in [5, 5.41) is 3.61. The molecule has 2 aromatic carbocycles. The molecule has 0 saturated heterocycles. The fraction of sp³-hybridized carbons (Fsp3) is 0.227. The predicted octanol–water partition coefficient (Wildman–Crippen LogP) is 4.87. The Bertz CT molecular complexity index is 919. The van der Waals surface area contributed by atoms with E-state index in [1.807, 2.05) is 72.2 Å². The van der Waals surface area contributed by atoms with Crippen LogP contribution in [0.3, 0.4) is 0 Å². The monoisotopic (exact) mass is 382 g/mol. The third-order valence-electron chi connectivity index (χ3n) is 4.47. The first-order valence-electron chi connectivity index (χ1n) is 8.93. The standard InChI is InChI=1S/C22H23ClN2O2/c1-16-18(22(26)24-13-8-14-27-2)15-21(17-9-4-3-5-10-17)25(16)20-12-7-6-11-19(20)23/h3-7,9-12,15H,8,13-14H2,1-2H3,(H,24,26). The van der Waals surface area contributed by atoms with E-state index in [-0.39, 0.29) is 5.91 Å². The quantitative estimate of drug-likeness (QED) is 0.592. The van der Waals surface area contributed by atoms with Gasteiger partial charge < -0.3 is 14.6 Å². The minimum absolute atomic E-state index is 0.0911. The summed E-state index contributed by atoms with van der Waals surface area (Å²) >= 11 is 6.46. The van der Waals surface area contributed by atoms with Crippen molar-refractivity contribution in [2.24, 2.45) is 0 Å². The number of rotatable bonds is 7. The van der Waals surface area contributed by atoms with Crippen LogP contribution < -0.4 is 5.32 Å². The van der Waals surface area contributed by atoms with Crippen LogP contribution >= 0.6 is 11.6 Å². The summed E-state index contributed by atoms with van der Waals surface area (Å²) in [6.07, 6.45) is 0.776. The molecule has 0 unspecified atom stereocenters. The van der Waals surface area contributed by atoms with Crippen LogP contribution in [0.25, 0.3) is 16.9 Å². The summed E-state index contributed by atoms with van der Waals surface area (Å²) in [5.41, 5.74) is 4.31. The Morgan fingerprint density at radius 2 is 1.81 bits per heavy atom. The van der Waals surface area contributed by atoms with E-state index in [0.717, 1.165) is 29.1 Å². The highest BCUT2D eigenvalue weighted by Gasteiger charge is 2.20. The molecule has 0 fully saturated rings. The van der Waals surface area contributed by atoms with Crippen molar-refractivity contribution in [2.45, 2.75) is 13.3 Å².